The lowest BCUT2D eigenvalue weighted by molar-refractivity contribution is -0.124. The molecule has 0 fully saturated rings. The van der Waals surface area contributed by atoms with Crippen molar-refractivity contribution in [1.29, 1.82) is 0 Å². The summed E-state index contributed by atoms with van der Waals surface area (Å²) in [7, 11) is 0. The molecular formula is C12H17ClN2O. The van der Waals surface area contributed by atoms with Crippen molar-refractivity contribution < 1.29 is 4.79 Å². The summed E-state index contributed by atoms with van der Waals surface area (Å²) < 4.78 is 0. The Morgan fingerprint density at radius 3 is 2.25 bits per heavy atom. The Kier molecular flexibility index (Phi) is 3.94. The van der Waals surface area contributed by atoms with Crippen LogP contribution < -0.4 is 11.1 Å². The number of rotatable bonds is 4. The predicted octanol–water partition coefficient (Wildman–Crippen LogP) is 2.04. The molecule has 0 aliphatic heterocycles. The van der Waals surface area contributed by atoms with E-state index in [1.165, 1.54) is 0 Å². The summed E-state index contributed by atoms with van der Waals surface area (Å²) in [4.78, 5) is 11.6. The van der Waals surface area contributed by atoms with Crippen LogP contribution in [0.5, 0.6) is 0 Å². The molecule has 0 aliphatic carbocycles. The van der Waals surface area contributed by atoms with E-state index in [9.17, 15) is 4.79 Å². The van der Waals surface area contributed by atoms with E-state index in [2.05, 4.69) is 5.32 Å². The summed E-state index contributed by atoms with van der Waals surface area (Å²) >= 11 is 5.81. The van der Waals surface area contributed by atoms with Crippen LogP contribution in [0.4, 0.5) is 0 Å². The molecule has 0 radical (unpaired) electrons. The number of halogens is 1. The molecular weight excluding hydrogens is 224 g/mol. The zero-order valence-electron chi connectivity index (χ0n) is 9.75. The van der Waals surface area contributed by atoms with Gasteiger partial charge in [0.05, 0.1) is 0 Å². The van der Waals surface area contributed by atoms with E-state index in [1.807, 2.05) is 26.0 Å². The Bertz CT molecular complexity index is 375. The van der Waals surface area contributed by atoms with Crippen LogP contribution in [0.2, 0.25) is 5.02 Å². The quantitative estimate of drug-likeness (QED) is 0.846. The summed E-state index contributed by atoms with van der Waals surface area (Å²) in [5.41, 5.74) is 5.41. The smallest absolute Gasteiger partial charge is 0.242 e. The minimum absolute atomic E-state index is 0.160. The fourth-order valence-electron chi connectivity index (χ4n) is 1.66. The molecule has 3 nitrogen and oxygen atoms in total. The first-order valence-electron chi connectivity index (χ1n) is 5.20. The summed E-state index contributed by atoms with van der Waals surface area (Å²) in [5, 5.41) is 3.81. The van der Waals surface area contributed by atoms with Gasteiger partial charge in [0.1, 0.15) is 5.54 Å². The van der Waals surface area contributed by atoms with Crippen LogP contribution in [-0.2, 0) is 10.3 Å². The van der Waals surface area contributed by atoms with Crippen molar-refractivity contribution >= 4 is 17.5 Å². The second-order valence-corrected chi connectivity index (χ2v) is 4.73. The van der Waals surface area contributed by atoms with Crippen molar-refractivity contribution in [3.8, 4) is 0 Å². The zero-order valence-corrected chi connectivity index (χ0v) is 10.5. The van der Waals surface area contributed by atoms with E-state index >= 15 is 0 Å². The summed E-state index contributed by atoms with van der Waals surface area (Å²) in [6.45, 7) is 5.72. The third-order valence-electron chi connectivity index (χ3n) is 2.49. The van der Waals surface area contributed by atoms with Gasteiger partial charge in [-0.1, -0.05) is 23.7 Å². The molecule has 1 amide bonds. The Hall–Kier alpha value is -1.06. The third-order valence-corrected chi connectivity index (χ3v) is 2.74. The number of nitrogens with two attached hydrogens (primary N) is 1. The number of primary amides is 1. The first-order valence-corrected chi connectivity index (χ1v) is 5.57. The van der Waals surface area contributed by atoms with E-state index < -0.39 is 11.4 Å². The van der Waals surface area contributed by atoms with Crippen molar-refractivity contribution in [1.82, 2.24) is 5.32 Å². The van der Waals surface area contributed by atoms with Crippen molar-refractivity contribution in [2.24, 2.45) is 5.73 Å². The minimum atomic E-state index is -0.862. The molecule has 1 atom stereocenters. The number of amides is 1. The summed E-state index contributed by atoms with van der Waals surface area (Å²) in [6.07, 6.45) is 0. The van der Waals surface area contributed by atoms with Crippen molar-refractivity contribution in [3.63, 3.8) is 0 Å². The molecule has 16 heavy (non-hydrogen) atoms. The van der Waals surface area contributed by atoms with Crippen molar-refractivity contribution in [2.45, 2.75) is 32.4 Å². The van der Waals surface area contributed by atoms with Gasteiger partial charge in [-0.15, -0.1) is 0 Å². The second-order valence-electron chi connectivity index (χ2n) is 4.30. The number of hydrogen-bond acceptors (Lipinski definition) is 2. The van der Waals surface area contributed by atoms with Gasteiger partial charge >= 0.3 is 0 Å². The molecule has 0 heterocycles. The van der Waals surface area contributed by atoms with Gasteiger partial charge in [-0.25, -0.2) is 0 Å². The molecule has 88 valence electrons. The molecule has 1 rings (SSSR count). The van der Waals surface area contributed by atoms with Gasteiger partial charge in [-0.2, -0.15) is 0 Å². The highest BCUT2D eigenvalue weighted by molar-refractivity contribution is 6.30. The number of hydrogen-bond donors (Lipinski definition) is 2. The van der Waals surface area contributed by atoms with Crippen LogP contribution in [-0.4, -0.2) is 11.9 Å². The van der Waals surface area contributed by atoms with Gasteiger partial charge in [0, 0.05) is 11.1 Å². The minimum Gasteiger partial charge on any atom is -0.368 e. The van der Waals surface area contributed by atoms with E-state index in [0.717, 1.165) is 5.56 Å². The van der Waals surface area contributed by atoms with Crippen LogP contribution in [0.15, 0.2) is 24.3 Å². The Labute approximate surface area is 101 Å². The Morgan fingerprint density at radius 1 is 1.38 bits per heavy atom. The molecule has 0 saturated carbocycles. The fourth-order valence-corrected chi connectivity index (χ4v) is 1.78. The fraction of sp³-hybridized carbons (Fsp3) is 0.417. The Balaban J connectivity index is 3.11. The van der Waals surface area contributed by atoms with E-state index in [4.69, 9.17) is 17.3 Å². The largest absolute Gasteiger partial charge is 0.368 e. The molecule has 4 heteroatoms. The van der Waals surface area contributed by atoms with Gasteiger partial charge < -0.3 is 5.73 Å². The lowest BCUT2D eigenvalue weighted by atomic mass is 9.90. The maximum Gasteiger partial charge on any atom is 0.242 e. The van der Waals surface area contributed by atoms with Crippen molar-refractivity contribution in [2.75, 3.05) is 0 Å². The van der Waals surface area contributed by atoms with Gasteiger partial charge in [-0.3, -0.25) is 10.1 Å². The highest BCUT2D eigenvalue weighted by Crippen LogP contribution is 2.22. The average Bonchev–Trinajstić information content (AvgIpc) is 2.17. The first-order chi connectivity index (χ1) is 7.36. The average molecular weight is 241 g/mol. The molecule has 0 aliphatic rings. The molecule has 1 aromatic rings. The lowest BCUT2D eigenvalue weighted by Gasteiger charge is -2.30. The topological polar surface area (TPSA) is 55.1 Å². The molecule has 0 saturated heterocycles. The first kappa shape index (κ1) is 13.0. The zero-order chi connectivity index (χ0) is 12.3. The van der Waals surface area contributed by atoms with Gasteiger partial charge in [0.25, 0.3) is 0 Å². The third kappa shape index (κ3) is 2.74. The molecule has 1 unspecified atom stereocenters. The molecule has 0 bridgehead atoms. The normalized spacial score (nSPS) is 14.8. The molecule has 0 spiro atoms. The summed E-state index contributed by atoms with van der Waals surface area (Å²) in [5.74, 6) is -0.400. The van der Waals surface area contributed by atoms with Gasteiger partial charge in [0.2, 0.25) is 5.91 Å². The van der Waals surface area contributed by atoms with Crippen LogP contribution in [0, 0.1) is 0 Å². The lowest BCUT2D eigenvalue weighted by Crippen LogP contribution is -2.52. The SMILES string of the molecule is CC(C)NC(C)(C(N)=O)c1ccc(Cl)cc1. The van der Waals surface area contributed by atoms with Crippen LogP contribution in [0.3, 0.4) is 0 Å². The van der Waals surface area contributed by atoms with Gasteiger partial charge in [0.15, 0.2) is 0 Å². The number of carbonyl (C=O) groups excluding carboxylic acids is 1. The van der Waals surface area contributed by atoms with Crippen molar-refractivity contribution in [3.05, 3.63) is 34.9 Å². The molecule has 1 aromatic carbocycles. The number of benzene rings is 1. The van der Waals surface area contributed by atoms with Crippen LogP contribution >= 0.6 is 11.6 Å². The van der Waals surface area contributed by atoms with E-state index in [1.54, 1.807) is 19.1 Å². The standard InChI is InChI=1S/C12H17ClN2O/c1-8(2)15-12(3,11(14)16)9-4-6-10(13)7-5-9/h4-8,15H,1-3H3,(H2,14,16). The predicted molar refractivity (Wildman–Crippen MR) is 66.3 cm³/mol. The van der Waals surface area contributed by atoms with Crippen LogP contribution in [0.25, 0.3) is 0 Å². The maximum atomic E-state index is 11.6. The maximum absolute atomic E-state index is 11.6. The Morgan fingerprint density at radius 2 is 1.88 bits per heavy atom. The van der Waals surface area contributed by atoms with Crippen LogP contribution in [0.1, 0.15) is 26.3 Å². The van der Waals surface area contributed by atoms with E-state index in [-0.39, 0.29) is 6.04 Å². The van der Waals surface area contributed by atoms with Gasteiger partial charge in [-0.05, 0) is 38.5 Å². The number of nitrogens with one attached hydrogen (secondary N) is 1. The molecule has 0 aromatic heterocycles. The highest BCUT2D eigenvalue weighted by Gasteiger charge is 2.33. The second kappa shape index (κ2) is 4.85. The monoisotopic (exact) mass is 240 g/mol. The number of carbonyl (C=O) groups is 1. The summed E-state index contributed by atoms with van der Waals surface area (Å²) in [6, 6.07) is 7.28. The highest BCUT2D eigenvalue weighted by atomic mass is 35.5. The van der Waals surface area contributed by atoms with E-state index in [0.29, 0.717) is 5.02 Å². The molecule has 3 N–H and O–H groups in total.